The van der Waals surface area contributed by atoms with Crippen molar-refractivity contribution in [3.05, 3.63) is 71.4 Å². The zero-order chi connectivity index (χ0) is 19.5. The fourth-order valence-corrected chi connectivity index (χ4v) is 3.76. The van der Waals surface area contributed by atoms with Gasteiger partial charge in [-0.05, 0) is 47.6 Å². The molecule has 1 saturated carbocycles. The number of benzene rings is 2. The summed E-state index contributed by atoms with van der Waals surface area (Å²) in [7, 11) is 0. The number of H-pyrrole nitrogens is 1. The Morgan fingerprint density at radius 1 is 1.11 bits per heavy atom. The van der Waals surface area contributed by atoms with Gasteiger partial charge < -0.3 is 20.8 Å². The molecule has 6 heteroatoms. The number of nitrogens with two attached hydrogens (primary N) is 1. The lowest BCUT2D eigenvalue weighted by molar-refractivity contribution is -0.117. The van der Waals surface area contributed by atoms with Crippen LogP contribution in [0.5, 0.6) is 0 Å². The van der Waals surface area contributed by atoms with Gasteiger partial charge in [-0.15, -0.1) is 0 Å². The summed E-state index contributed by atoms with van der Waals surface area (Å²) in [6, 6.07) is 15.7. The van der Waals surface area contributed by atoms with Crippen LogP contribution >= 0.6 is 0 Å². The molecule has 0 unspecified atom stereocenters. The number of hydrogen-bond acceptors (Lipinski definition) is 3. The SMILES string of the molecule is NC(=O)Cc1ccc2[nH]cc(C3CC(NC(=O)OCc4ccccc4)C3)c2c1. The maximum atomic E-state index is 12.0. The average Bonchev–Trinajstić information content (AvgIpc) is 3.06. The summed E-state index contributed by atoms with van der Waals surface area (Å²) >= 11 is 0. The first-order valence-electron chi connectivity index (χ1n) is 9.44. The lowest BCUT2D eigenvalue weighted by Gasteiger charge is -2.35. The summed E-state index contributed by atoms with van der Waals surface area (Å²) in [6.07, 6.45) is 3.62. The van der Waals surface area contributed by atoms with Crippen molar-refractivity contribution >= 4 is 22.9 Å². The molecule has 0 spiro atoms. The third-order valence-corrected chi connectivity index (χ3v) is 5.27. The van der Waals surface area contributed by atoms with Gasteiger partial charge >= 0.3 is 6.09 Å². The summed E-state index contributed by atoms with van der Waals surface area (Å²) in [5, 5.41) is 4.05. The van der Waals surface area contributed by atoms with E-state index in [1.165, 1.54) is 5.56 Å². The van der Waals surface area contributed by atoms with Crippen molar-refractivity contribution in [2.24, 2.45) is 5.73 Å². The van der Waals surface area contributed by atoms with E-state index >= 15 is 0 Å². The van der Waals surface area contributed by atoms with Gasteiger partial charge in [-0.3, -0.25) is 4.79 Å². The molecule has 1 aliphatic rings. The Morgan fingerprint density at radius 3 is 2.64 bits per heavy atom. The van der Waals surface area contributed by atoms with Crippen molar-refractivity contribution in [3.8, 4) is 0 Å². The van der Waals surface area contributed by atoms with Crippen LogP contribution in [0.2, 0.25) is 0 Å². The second-order valence-electron chi connectivity index (χ2n) is 7.34. The summed E-state index contributed by atoms with van der Waals surface area (Å²) in [5.41, 5.74) is 9.45. The molecule has 1 aliphatic carbocycles. The second-order valence-corrected chi connectivity index (χ2v) is 7.34. The standard InChI is InChI=1S/C22H23N3O3/c23-21(26)9-15-6-7-20-18(8-15)19(12-24-20)16-10-17(11-16)25-22(27)28-13-14-4-2-1-3-5-14/h1-8,12,16-17,24H,9-11,13H2,(H2,23,26)(H,25,27). The minimum atomic E-state index is -0.380. The summed E-state index contributed by atoms with van der Waals surface area (Å²) in [5.74, 6) is 0.0374. The van der Waals surface area contributed by atoms with Gasteiger partial charge in [0, 0.05) is 23.1 Å². The predicted molar refractivity (Wildman–Crippen MR) is 107 cm³/mol. The smallest absolute Gasteiger partial charge is 0.407 e. The highest BCUT2D eigenvalue weighted by atomic mass is 16.5. The van der Waals surface area contributed by atoms with Gasteiger partial charge in [0.05, 0.1) is 6.42 Å². The number of nitrogens with one attached hydrogen (secondary N) is 2. The topological polar surface area (TPSA) is 97.2 Å². The van der Waals surface area contributed by atoms with E-state index in [0.717, 1.165) is 34.9 Å². The van der Waals surface area contributed by atoms with Crippen molar-refractivity contribution < 1.29 is 14.3 Å². The lowest BCUT2D eigenvalue weighted by Crippen LogP contribution is -2.43. The molecule has 3 aromatic rings. The van der Waals surface area contributed by atoms with Crippen molar-refractivity contribution in [1.82, 2.24) is 10.3 Å². The molecule has 144 valence electrons. The molecule has 6 nitrogen and oxygen atoms in total. The van der Waals surface area contributed by atoms with Gasteiger partial charge in [-0.25, -0.2) is 4.79 Å². The quantitative estimate of drug-likeness (QED) is 0.614. The van der Waals surface area contributed by atoms with E-state index in [4.69, 9.17) is 10.5 Å². The van der Waals surface area contributed by atoms with Crippen LogP contribution in [0.15, 0.2) is 54.7 Å². The molecular formula is C22H23N3O3. The van der Waals surface area contributed by atoms with Gasteiger partial charge in [0.1, 0.15) is 6.61 Å². The van der Waals surface area contributed by atoms with Crippen LogP contribution < -0.4 is 11.1 Å². The average molecular weight is 377 g/mol. The Kier molecular flexibility index (Phi) is 5.02. The Bertz CT molecular complexity index is 991. The third kappa shape index (κ3) is 4.01. The number of carbonyl (C=O) groups is 2. The highest BCUT2D eigenvalue weighted by molar-refractivity contribution is 5.86. The van der Waals surface area contributed by atoms with Gasteiger partial charge in [-0.2, -0.15) is 0 Å². The Hall–Kier alpha value is -3.28. The van der Waals surface area contributed by atoms with Crippen molar-refractivity contribution in [2.75, 3.05) is 0 Å². The molecule has 1 fully saturated rings. The maximum Gasteiger partial charge on any atom is 0.407 e. The molecular weight excluding hydrogens is 354 g/mol. The van der Waals surface area contributed by atoms with E-state index in [0.29, 0.717) is 5.92 Å². The maximum absolute atomic E-state index is 12.0. The van der Waals surface area contributed by atoms with Crippen LogP contribution in [0.3, 0.4) is 0 Å². The molecule has 0 saturated heterocycles. The summed E-state index contributed by atoms with van der Waals surface area (Å²) in [6.45, 7) is 0.272. The number of aromatic nitrogens is 1. The first-order chi connectivity index (χ1) is 13.6. The number of hydrogen-bond donors (Lipinski definition) is 3. The Labute approximate surface area is 163 Å². The number of ether oxygens (including phenoxy) is 1. The van der Waals surface area contributed by atoms with E-state index < -0.39 is 0 Å². The third-order valence-electron chi connectivity index (χ3n) is 5.27. The van der Waals surface area contributed by atoms with E-state index in [1.54, 1.807) is 0 Å². The van der Waals surface area contributed by atoms with Crippen molar-refractivity contribution in [1.29, 1.82) is 0 Å². The van der Waals surface area contributed by atoms with E-state index in [-0.39, 0.29) is 31.1 Å². The van der Waals surface area contributed by atoms with Crippen LogP contribution in [0.25, 0.3) is 10.9 Å². The van der Waals surface area contributed by atoms with Crippen molar-refractivity contribution in [3.63, 3.8) is 0 Å². The molecule has 0 radical (unpaired) electrons. The number of amides is 2. The van der Waals surface area contributed by atoms with Gasteiger partial charge in [-0.1, -0.05) is 36.4 Å². The lowest BCUT2D eigenvalue weighted by atomic mass is 9.76. The van der Waals surface area contributed by atoms with E-state index in [2.05, 4.69) is 10.3 Å². The number of aromatic amines is 1. The fraction of sp³-hybridized carbons (Fsp3) is 0.273. The molecule has 1 heterocycles. The Balaban J connectivity index is 1.32. The predicted octanol–water partition coefficient (Wildman–Crippen LogP) is 3.37. The fourth-order valence-electron chi connectivity index (χ4n) is 3.76. The molecule has 1 aromatic heterocycles. The minimum Gasteiger partial charge on any atom is -0.445 e. The van der Waals surface area contributed by atoms with Gasteiger partial charge in [0.25, 0.3) is 0 Å². The molecule has 4 N–H and O–H groups in total. The molecule has 0 atom stereocenters. The highest BCUT2D eigenvalue weighted by Crippen LogP contribution is 2.40. The van der Waals surface area contributed by atoms with Crippen LogP contribution in [0.1, 0.15) is 35.4 Å². The first kappa shape index (κ1) is 18.1. The number of carbonyl (C=O) groups excluding carboxylic acids is 2. The highest BCUT2D eigenvalue weighted by Gasteiger charge is 2.33. The number of primary amides is 1. The zero-order valence-electron chi connectivity index (χ0n) is 15.5. The molecule has 2 aromatic carbocycles. The van der Waals surface area contributed by atoms with E-state index in [1.807, 2.05) is 54.7 Å². The van der Waals surface area contributed by atoms with E-state index in [9.17, 15) is 9.59 Å². The van der Waals surface area contributed by atoms with Crippen LogP contribution in [-0.2, 0) is 22.6 Å². The van der Waals surface area contributed by atoms with Crippen LogP contribution in [0, 0.1) is 0 Å². The molecule has 4 rings (SSSR count). The summed E-state index contributed by atoms with van der Waals surface area (Å²) < 4.78 is 5.28. The van der Waals surface area contributed by atoms with Crippen LogP contribution in [-0.4, -0.2) is 23.0 Å². The molecule has 2 amide bonds. The summed E-state index contributed by atoms with van der Waals surface area (Å²) in [4.78, 5) is 26.5. The molecule has 0 bridgehead atoms. The largest absolute Gasteiger partial charge is 0.445 e. The van der Waals surface area contributed by atoms with Crippen LogP contribution in [0.4, 0.5) is 4.79 Å². The monoisotopic (exact) mass is 377 g/mol. The zero-order valence-corrected chi connectivity index (χ0v) is 15.5. The second kappa shape index (κ2) is 7.76. The number of fused-ring (bicyclic) bond motifs is 1. The normalized spacial score (nSPS) is 18.4. The minimum absolute atomic E-state index is 0.118. The molecule has 28 heavy (non-hydrogen) atoms. The van der Waals surface area contributed by atoms with Crippen molar-refractivity contribution in [2.45, 2.75) is 37.8 Å². The number of alkyl carbamates (subject to hydrolysis) is 1. The number of rotatable bonds is 6. The Morgan fingerprint density at radius 2 is 1.89 bits per heavy atom. The van der Waals surface area contributed by atoms with Gasteiger partial charge in [0.15, 0.2) is 0 Å². The van der Waals surface area contributed by atoms with Gasteiger partial charge in [0.2, 0.25) is 5.91 Å². The molecule has 0 aliphatic heterocycles. The first-order valence-corrected chi connectivity index (χ1v) is 9.44.